The normalized spacial score (nSPS) is 21.8. The van der Waals surface area contributed by atoms with Crippen molar-refractivity contribution in [2.45, 2.75) is 65.0 Å². The van der Waals surface area contributed by atoms with Gasteiger partial charge >= 0.3 is 0 Å². The highest BCUT2D eigenvalue weighted by atomic mass is 16.5. The summed E-state index contributed by atoms with van der Waals surface area (Å²) in [5.41, 5.74) is 0. The van der Waals surface area contributed by atoms with Gasteiger partial charge in [0.05, 0.1) is 6.10 Å². The van der Waals surface area contributed by atoms with E-state index < -0.39 is 0 Å². The zero-order valence-electron chi connectivity index (χ0n) is 10.6. The Kier molecular flexibility index (Phi) is 6.26. The second kappa shape index (κ2) is 7.24. The first-order valence-electron chi connectivity index (χ1n) is 6.57. The van der Waals surface area contributed by atoms with Crippen molar-refractivity contribution in [3.63, 3.8) is 0 Å². The molecule has 2 unspecified atom stereocenters. The maximum atomic E-state index is 5.90. The Morgan fingerprint density at radius 2 is 1.93 bits per heavy atom. The third-order valence-electron chi connectivity index (χ3n) is 3.33. The van der Waals surface area contributed by atoms with Crippen LogP contribution in [-0.4, -0.2) is 25.3 Å². The highest BCUT2D eigenvalue weighted by Crippen LogP contribution is 2.25. The fourth-order valence-corrected chi connectivity index (χ4v) is 2.48. The molecule has 1 saturated carbocycles. The van der Waals surface area contributed by atoms with Crippen molar-refractivity contribution < 1.29 is 4.74 Å². The zero-order chi connectivity index (χ0) is 11.1. The van der Waals surface area contributed by atoms with E-state index in [2.05, 4.69) is 26.1 Å². The Balaban J connectivity index is 2.04. The van der Waals surface area contributed by atoms with Crippen molar-refractivity contribution in [3.05, 3.63) is 0 Å². The molecule has 0 heterocycles. The van der Waals surface area contributed by atoms with Gasteiger partial charge in [-0.2, -0.15) is 0 Å². The first kappa shape index (κ1) is 13.0. The van der Waals surface area contributed by atoms with E-state index in [4.69, 9.17) is 4.74 Å². The Bertz CT molecular complexity index is 155. The topological polar surface area (TPSA) is 21.3 Å². The number of nitrogens with one attached hydrogen (secondary N) is 1. The standard InChI is InChI=1S/C13H27NO/c1-4-14-11(2)9-12(3)15-10-13-7-5-6-8-13/h11-14H,4-10H2,1-3H3. The van der Waals surface area contributed by atoms with Crippen LogP contribution in [0.2, 0.25) is 0 Å². The summed E-state index contributed by atoms with van der Waals surface area (Å²) in [6.45, 7) is 8.62. The molecule has 0 aromatic heterocycles. The summed E-state index contributed by atoms with van der Waals surface area (Å²) in [6, 6.07) is 0.577. The molecule has 2 heteroatoms. The monoisotopic (exact) mass is 213 g/mol. The first-order chi connectivity index (χ1) is 7.22. The Morgan fingerprint density at radius 1 is 1.27 bits per heavy atom. The lowest BCUT2D eigenvalue weighted by atomic mass is 10.1. The van der Waals surface area contributed by atoms with Crippen molar-refractivity contribution in [3.8, 4) is 0 Å². The molecule has 0 radical (unpaired) electrons. The van der Waals surface area contributed by atoms with E-state index in [1.165, 1.54) is 25.7 Å². The minimum absolute atomic E-state index is 0.402. The zero-order valence-corrected chi connectivity index (χ0v) is 10.6. The first-order valence-corrected chi connectivity index (χ1v) is 6.57. The summed E-state index contributed by atoms with van der Waals surface area (Å²) in [5, 5.41) is 3.42. The average Bonchev–Trinajstić information content (AvgIpc) is 2.67. The summed E-state index contributed by atoms with van der Waals surface area (Å²) < 4.78 is 5.90. The van der Waals surface area contributed by atoms with Gasteiger partial charge in [-0.15, -0.1) is 0 Å². The summed E-state index contributed by atoms with van der Waals surface area (Å²) in [7, 11) is 0. The largest absolute Gasteiger partial charge is 0.378 e. The van der Waals surface area contributed by atoms with Crippen LogP contribution in [0.15, 0.2) is 0 Å². The molecule has 0 bridgehead atoms. The van der Waals surface area contributed by atoms with Gasteiger partial charge in [-0.1, -0.05) is 19.8 Å². The van der Waals surface area contributed by atoms with Crippen LogP contribution in [0.3, 0.4) is 0 Å². The number of hydrogen-bond acceptors (Lipinski definition) is 2. The summed E-state index contributed by atoms with van der Waals surface area (Å²) >= 11 is 0. The summed E-state index contributed by atoms with van der Waals surface area (Å²) in [5.74, 6) is 0.849. The molecule has 1 N–H and O–H groups in total. The van der Waals surface area contributed by atoms with Gasteiger partial charge in [0.25, 0.3) is 0 Å². The lowest BCUT2D eigenvalue weighted by Crippen LogP contribution is -2.30. The number of rotatable bonds is 7. The number of hydrogen-bond donors (Lipinski definition) is 1. The lowest BCUT2D eigenvalue weighted by Gasteiger charge is -2.20. The van der Waals surface area contributed by atoms with E-state index >= 15 is 0 Å². The van der Waals surface area contributed by atoms with E-state index in [1.54, 1.807) is 0 Å². The third kappa shape index (κ3) is 5.53. The van der Waals surface area contributed by atoms with Gasteiger partial charge in [-0.05, 0) is 45.6 Å². The van der Waals surface area contributed by atoms with Gasteiger partial charge in [-0.25, -0.2) is 0 Å². The molecule has 90 valence electrons. The molecule has 1 fully saturated rings. The molecule has 2 nitrogen and oxygen atoms in total. The van der Waals surface area contributed by atoms with E-state index in [-0.39, 0.29) is 0 Å². The highest BCUT2D eigenvalue weighted by molar-refractivity contribution is 4.68. The summed E-state index contributed by atoms with van der Waals surface area (Å²) in [6.07, 6.45) is 7.12. The summed E-state index contributed by atoms with van der Waals surface area (Å²) in [4.78, 5) is 0. The van der Waals surface area contributed by atoms with Crippen molar-refractivity contribution in [1.82, 2.24) is 5.32 Å². The predicted molar refractivity (Wildman–Crippen MR) is 65.1 cm³/mol. The van der Waals surface area contributed by atoms with Gasteiger partial charge < -0.3 is 10.1 Å². The third-order valence-corrected chi connectivity index (χ3v) is 3.33. The van der Waals surface area contributed by atoms with Crippen LogP contribution in [0.25, 0.3) is 0 Å². The molecule has 1 rings (SSSR count). The maximum absolute atomic E-state index is 5.90. The van der Waals surface area contributed by atoms with Crippen LogP contribution in [0.5, 0.6) is 0 Å². The van der Waals surface area contributed by atoms with Gasteiger partial charge in [0.15, 0.2) is 0 Å². The van der Waals surface area contributed by atoms with Crippen molar-refractivity contribution in [2.24, 2.45) is 5.92 Å². The Hall–Kier alpha value is -0.0800. The molecule has 1 aliphatic carbocycles. The second-order valence-electron chi connectivity index (χ2n) is 4.99. The second-order valence-corrected chi connectivity index (χ2v) is 4.99. The quantitative estimate of drug-likeness (QED) is 0.702. The molecule has 15 heavy (non-hydrogen) atoms. The Labute approximate surface area is 94.8 Å². The van der Waals surface area contributed by atoms with Crippen LogP contribution >= 0.6 is 0 Å². The molecular weight excluding hydrogens is 186 g/mol. The van der Waals surface area contributed by atoms with Crippen LogP contribution in [0.1, 0.15) is 52.9 Å². The van der Waals surface area contributed by atoms with Crippen molar-refractivity contribution in [2.75, 3.05) is 13.2 Å². The van der Waals surface area contributed by atoms with Crippen LogP contribution < -0.4 is 5.32 Å². The minimum atomic E-state index is 0.402. The van der Waals surface area contributed by atoms with Crippen molar-refractivity contribution >= 4 is 0 Å². The molecule has 1 aliphatic rings. The fraction of sp³-hybridized carbons (Fsp3) is 1.00. The molecule has 0 aromatic carbocycles. The van der Waals surface area contributed by atoms with Crippen LogP contribution in [0, 0.1) is 5.92 Å². The van der Waals surface area contributed by atoms with E-state index in [0.717, 1.165) is 25.5 Å². The van der Waals surface area contributed by atoms with E-state index in [0.29, 0.717) is 12.1 Å². The maximum Gasteiger partial charge on any atom is 0.0561 e. The molecule has 0 saturated heterocycles. The molecule has 0 aromatic rings. The molecule has 2 atom stereocenters. The van der Waals surface area contributed by atoms with Crippen LogP contribution in [0.4, 0.5) is 0 Å². The SMILES string of the molecule is CCNC(C)CC(C)OCC1CCCC1. The average molecular weight is 213 g/mol. The van der Waals surface area contributed by atoms with Gasteiger partial charge in [0, 0.05) is 12.6 Å². The molecular formula is C13H27NO. The minimum Gasteiger partial charge on any atom is -0.378 e. The molecule has 0 spiro atoms. The number of ether oxygens (including phenoxy) is 1. The molecule has 0 amide bonds. The molecule has 0 aliphatic heterocycles. The van der Waals surface area contributed by atoms with E-state index in [9.17, 15) is 0 Å². The Morgan fingerprint density at radius 3 is 2.53 bits per heavy atom. The highest BCUT2D eigenvalue weighted by Gasteiger charge is 2.16. The van der Waals surface area contributed by atoms with Gasteiger partial charge in [-0.3, -0.25) is 0 Å². The van der Waals surface area contributed by atoms with Gasteiger partial charge in [0.2, 0.25) is 0 Å². The van der Waals surface area contributed by atoms with Crippen molar-refractivity contribution in [1.29, 1.82) is 0 Å². The van der Waals surface area contributed by atoms with Gasteiger partial charge in [0.1, 0.15) is 0 Å². The fourth-order valence-electron chi connectivity index (χ4n) is 2.48. The smallest absolute Gasteiger partial charge is 0.0561 e. The lowest BCUT2D eigenvalue weighted by molar-refractivity contribution is 0.0318. The predicted octanol–water partition coefficient (Wildman–Crippen LogP) is 2.97. The van der Waals surface area contributed by atoms with E-state index in [1.807, 2.05) is 0 Å². The van der Waals surface area contributed by atoms with Crippen LogP contribution in [-0.2, 0) is 4.74 Å².